The predicted octanol–water partition coefficient (Wildman–Crippen LogP) is 5.02. The normalized spacial score (nSPS) is 22.3. The number of aliphatic carboxylic acids is 1. The lowest BCUT2D eigenvalue weighted by Gasteiger charge is -2.36. The zero-order valence-electron chi connectivity index (χ0n) is 16.3. The van der Waals surface area contributed by atoms with Gasteiger partial charge in [0.2, 0.25) is 0 Å². The van der Waals surface area contributed by atoms with Gasteiger partial charge in [-0.25, -0.2) is 0 Å². The van der Waals surface area contributed by atoms with E-state index >= 15 is 0 Å². The molecule has 1 aliphatic rings. The van der Waals surface area contributed by atoms with E-state index in [0.29, 0.717) is 11.5 Å². The molecule has 0 amide bonds. The maximum absolute atomic E-state index is 12.3. The summed E-state index contributed by atoms with van der Waals surface area (Å²) in [6.45, 7) is 2.13. The number of benzene rings is 2. The first-order valence-electron chi connectivity index (χ1n) is 9.62. The van der Waals surface area contributed by atoms with Gasteiger partial charge in [-0.05, 0) is 59.9 Å². The fourth-order valence-corrected chi connectivity index (χ4v) is 4.37. The minimum Gasteiger partial charge on any atom is -0.493 e. The summed E-state index contributed by atoms with van der Waals surface area (Å²) in [5, 5.41) is 10.1. The summed E-state index contributed by atoms with van der Waals surface area (Å²) in [6.07, 6.45) is 3.78. The van der Waals surface area contributed by atoms with Gasteiger partial charge in [-0.15, -0.1) is 0 Å². The van der Waals surface area contributed by atoms with Crippen LogP contribution in [0, 0.1) is 5.92 Å². The smallest absolute Gasteiger partial charge is 0.307 e. The molecule has 0 radical (unpaired) electrons. The molecule has 3 rings (SSSR count). The van der Waals surface area contributed by atoms with Crippen molar-refractivity contribution in [3.05, 3.63) is 59.2 Å². The monoisotopic (exact) mass is 368 g/mol. The molecule has 0 saturated heterocycles. The summed E-state index contributed by atoms with van der Waals surface area (Å²) in [4.78, 5) is 12.3. The number of hydrogen-bond donors (Lipinski definition) is 1. The van der Waals surface area contributed by atoms with Crippen LogP contribution in [0.1, 0.15) is 54.7 Å². The lowest BCUT2D eigenvalue weighted by Crippen LogP contribution is -2.32. The zero-order valence-corrected chi connectivity index (χ0v) is 16.3. The Balaban J connectivity index is 1.96. The highest BCUT2D eigenvalue weighted by Gasteiger charge is 2.40. The van der Waals surface area contributed by atoms with E-state index in [2.05, 4.69) is 31.2 Å². The van der Waals surface area contributed by atoms with Crippen molar-refractivity contribution in [3.63, 3.8) is 0 Å². The molecule has 3 unspecified atom stereocenters. The quantitative estimate of drug-likeness (QED) is 0.778. The van der Waals surface area contributed by atoms with Gasteiger partial charge in [-0.1, -0.05) is 43.7 Å². The lowest BCUT2D eigenvalue weighted by atomic mass is 9.67. The zero-order chi connectivity index (χ0) is 19.4. The van der Waals surface area contributed by atoms with Crippen LogP contribution >= 0.6 is 0 Å². The van der Waals surface area contributed by atoms with Gasteiger partial charge < -0.3 is 14.6 Å². The maximum atomic E-state index is 12.3. The molecule has 0 heterocycles. The molecule has 2 aromatic carbocycles. The van der Waals surface area contributed by atoms with Crippen molar-refractivity contribution >= 4 is 5.97 Å². The molecule has 4 nitrogen and oxygen atoms in total. The first-order chi connectivity index (χ1) is 13.1. The highest BCUT2D eigenvalue weighted by atomic mass is 16.5. The molecule has 1 fully saturated rings. The maximum Gasteiger partial charge on any atom is 0.307 e. The van der Waals surface area contributed by atoms with Crippen LogP contribution in [0.25, 0.3) is 0 Å². The van der Waals surface area contributed by atoms with Crippen molar-refractivity contribution in [2.24, 2.45) is 5.92 Å². The van der Waals surface area contributed by atoms with E-state index in [1.807, 2.05) is 18.2 Å². The molecule has 1 aliphatic carbocycles. The first kappa shape index (κ1) is 19.3. The number of carbonyl (C=O) groups is 1. The van der Waals surface area contributed by atoms with Crippen LogP contribution in [0.2, 0.25) is 0 Å². The van der Waals surface area contributed by atoms with Gasteiger partial charge in [-0.3, -0.25) is 4.79 Å². The van der Waals surface area contributed by atoms with Crippen LogP contribution in [0.15, 0.2) is 42.5 Å². The van der Waals surface area contributed by atoms with Gasteiger partial charge in [0, 0.05) is 0 Å². The van der Waals surface area contributed by atoms with Crippen LogP contribution in [0.3, 0.4) is 0 Å². The van der Waals surface area contributed by atoms with Gasteiger partial charge in [0.1, 0.15) is 0 Å². The van der Waals surface area contributed by atoms with Crippen molar-refractivity contribution < 1.29 is 19.4 Å². The second-order valence-corrected chi connectivity index (χ2v) is 7.22. The Morgan fingerprint density at radius 3 is 2.11 bits per heavy atom. The highest BCUT2D eigenvalue weighted by molar-refractivity contribution is 5.73. The number of methoxy groups -OCH3 is 2. The summed E-state index contributed by atoms with van der Waals surface area (Å²) in [5.74, 6) is 0.139. The molecule has 27 heavy (non-hydrogen) atoms. The molecule has 0 spiro atoms. The van der Waals surface area contributed by atoms with Gasteiger partial charge in [-0.2, -0.15) is 0 Å². The number of rotatable bonds is 6. The SMILES string of the molecule is CCc1ccc(C2CCCC(c3ccc(OC)c(OC)c3)C2C(=O)O)cc1. The minimum atomic E-state index is -0.723. The second-order valence-electron chi connectivity index (χ2n) is 7.22. The molecule has 3 atom stereocenters. The molecular weight excluding hydrogens is 340 g/mol. The third-order valence-corrected chi connectivity index (χ3v) is 5.83. The van der Waals surface area contributed by atoms with Gasteiger partial charge in [0.25, 0.3) is 0 Å². The van der Waals surface area contributed by atoms with Crippen molar-refractivity contribution in [2.45, 2.75) is 44.4 Å². The standard InChI is InChI=1S/C23H28O4/c1-4-15-8-10-16(11-9-15)18-6-5-7-19(22(18)23(24)25)17-12-13-20(26-2)21(14-17)27-3/h8-14,18-19,22H,4-7H2,1-3H3,(H,24,25). The topological polar surface area (TPSA) is 55.8 Å². The van der Waals surface area contributed by atoms with E-state index in [1.165, 1.54) is 5.56 Å². The van der Waals surface area contributed by atoms with E-state index in [-0.39, 0.29) is 11.8 Å². The van der Waals surface area contributed by atoms with Gasteiger partial charge >= 0.3 is 5.97 Å². The Morgan fingerprint density at radius 2 is 1.56 bits per heavy atom. The van der Waals surface area contributed by atoms with Crippen molar-refractivity contribution in [3.8, 4) is 11.5 Å². The fraction of sp³-hybridized carbons (Fsp3) is 0.435. The molecule has 0 aromatic heterocycles. The van der Waals surface area contributed by atoms with Crippen LogP contribution in [-0.2, 0) is 11.2 Å². The summed E-state index contributed by atoms with van der Waals surface area (Å²) in [6, 6.07) is 14.2. The molecule has 144 valence electrons. The third-order valence-electron chi connectivity index (χ3n) is 5.83. The molecule has 1 N–H and O–H groups in total. The summed E-state index contributed by atoms with van der Waals surface area (Å²) in [7, 11) is 3.21. The Morgan fingerprint density at radius 1 is 0.963 bits per heavy atom. The van der Waals surface area contributed by atoms with E-state index in [0.717, 1.165) is 36.8 Å². The molecule has 4 heteroatoms. The average Bonchev–Trinajstić information content (AvgIpc) is 2.72. The molecule has 0 aliphatic heterocycles. The molecule has 0 bridgehead atoms. The Hall–Kier alpha value is -2.49. The number of carboxylic acid groups (broad SMARTS) is 1. The summed E-state index contributed by atoms with van der Waals surface area (Å²) < 4.78 is 10.8. The number of hydrogen-bond acceptors (Lipinski definition) is 3. The van der Waals surface area contributed by atoms with Crippen LogP contribution in [-0.4, -0.2) is 25.3 Å². The average molecular weight is 368 g/mol. The van der Waals surface area contributed by atoms with Crippen molar-refractivity contribution in [1.82, 2.24) is 0 Å². The van der Waals surface area contributed by atoms with Gasteiger partial charge in [0.05, 0.1) is 20.1 Å². The van der Waals surface area contributed by atoms with E-state index in [1.54, 1.807) is 14.2 Å². The molecular formula is C23H28O4. The number of carboxylic acids is 1. The summed E-state index contributed by atoms with van der Waals surface area (Å²) >= 11 is 0. The van der Waals surface area contributed by atoms with E-state index < -0.39 is 11.9 Å². The Labute approximate surface area is 161 Å². The Kier molecular flexibility index (Phi) is 6.04. The number of ether oxygens (including phenoxy) is 2. The lowest BCUT2D eigenvalue weighted by molar-refractivity contribution is -0.144. The van der Waals surface area contributed by atoms with Crippen molar-refractivity contribution in [1.29, 1.82) is 0 Å². The van der Waals surface area contributed by atoms with Crippen molar-refractivity contribution in [2.75, 3.05) is 14.2 Å². The second kappa shape index (κ2) is 8.47. The molecule has 1 saturated carbocycles. The largest absolute Gasteiger partial charge is 0.493 e. The minimum absolute atomic E-state index is 0.0280. The fourth-order valence-electron chi connectivity index (χ4n) is 4.37. The summed E-state index contributed by atoms with van der Waals surface area (Å²) in [5.41, 5.74) is 3.41. The highest BCUT2D eigenvalue weighted by Crippen LogP contribution is 2.47. The van der Waals surface area contributed by atoms with Crippen LogP contribution in [0.4, 0.5) is 0 Å². The van der Waals surface area contributed by atoms with Crippen LogP contribution in [0.5, 0.6) is 11.5 Å². The number of aryl methyl sites for hydroxylation is 1. The predicted molar refractivity (Wildman–Crippen MR) is 106 cm³/mol. The van der Waals surface area contributed by atoms with E-state index in [4.69, 9.17) is 9.47 Å². The van der Waals surface area contributed by atoms with E-state index in [9.17, 15) is 9.90 Å². The molecule has 2 aromatic rings. The first-order valence-corrected chi connectivity index (χ1v) is 9.62. The Bertz CT molecular complexity index is 781. The third kappa shape index (κ3) is 3.95. The van der Waals surface area contributed by atoms with Crippen LogP contribution < -0.4 is 9.47 Å². The van der Waals surface area contributed by atoms with Gasteiger partial charge in [0.15, 0.2) is 11.5 Å².